The zero-order valence-electron chi connectivity index (χ0n) is 18.3. The van der Waals surface area contributed by atoms with Crippen LogP contribution in [0.5, 0.6) is 0 Å². The van der Waals surface area contributed by atoms with Crippen LogP contribution in [0.1, 0.15) is 42.7 Å². The van der Waals surface area contributed by atoms with Gasteiger partial charge in [-0.1, -0.05) is 0 Å². The maximum absolute atomic E-state index is 12.9. The van der Waals surface area contributed by atoms with Crippen LogP contribution < -0.4 is 5.32 Å². The maximum atomic E-state index is 12.9. The van der Waals surface area contributed by atoms with E-state index in [-0.39, 0.29) is 42.7 Å². The summed E-state index contributed by atoms with van der Waals surface area (Å²) in [5.41, 5.74) is 0.810. The molecule has 0 spiro atoms. The zero-order chi connectivity index (χ0) is 24.0. The number of nitrogens with one attached hydrogen (secondary N) is 1. The minimum atomic E-state index is -3.74. The van der Waals surface area contributed by atoms with Crippen molar-refractivity contribution in [3.63, 3.8) is 0 Å². The Balaban J connectivity index is 1.52. The number of benzene rings is 1. The van der Waals surface area contributed by atoms with Crippen molar-refractivity contribution in [2.45, 2.75) is 38.2 Å². The van der Waals surface area contributed by atoms with Crippen molar-refractivity contribution < 1.29 is 32.3 Å². The molecule has 1 aromatic heterocycles. The summed E-state index contributed by atoms with van der Waals surface area (Å²) in [6.07, 6.45) is 0.681. The van der Waals surface area contributed by atoms with E-state index >= 15 is 0 Å². The third-order valence-electron chi connectivity index (χ3n) is 4.99. The van der Waals surface area contributed by atoms with Gasteiger partial charge < -0.3 is 14.8 Å². The zero-order valence-corrected chi connectivity index (χ0v) is 19.9. The lowest BCUT2D eigenvalue weighted by atomic mass is 9.98. The number of hydrogen-bond acceptors (Lipinski definition) is 9. The van der Waals surface area contributed by atoms with Crippen LogP contribution >= 0.6 is 11.3 Å². The van der Waals surface area contributed by atoms with E-state index in [0.717, 1.165) is 0 Å². The molecule has 1 amide bonds. The molecule has 0 bridgehead atoms. The number of ether oxygens (including phenoxy) is 2. The van der Waals surface area contributed by atoms with Crippen LogP contribution in [0.25, 0.3) is 0 Å². The van der Waals surface area contributed by atoms with Crippen molar-refractivity contribution in [2.75, 3.05) is 25.0 Å². The Hall–Kier alpha value is -2.83. The van der Waals surface area contributed by atoms with Crippen molar-refractivity contribution >= 4 is 44.3 Å². The molecule has 1 aliphatic heterocycles. The Labute approximate surface area is 196 Å². The van der Waals surface area contributed by atoms with Gasteiger partial charge in [0.2, 0.25) is 15.9 Å². The minimum Gasteiger partial charge on any atom is -0.462 e. The van der Waals surface area contributed by atoms with E-state index in [1.807, 2.05) is 0 Å². The molecule has 12 heteroatoms. The number of sulfonamides is 1. The number of amides is 1. The lowest BCUT2D eigenvalue weighted by molar-refractivity contribution is -0.151. The van der Waals surface area contributed by atoms with Crippen LogP contribution in [-0.2, 0) is 35.7 Å². The van der Waals surface area contributed by atoms with Gasteiger partial charge in [-0.05, 0) is 44.0 Å². The summed E-state index contributed by atoms with van der Waals surface area (Å²) in [5, 5.41) is 4.69. The number of carbonyl (C=O) groups excluding carboxylic acids is 3. The molecule has 1 N–H and O–H groups in total. The van der Waals surface area contributed by atoms with E-state index < -0.39 is 27.9 Å². The first-order valence-corrected chi connectivity index (χ1v) is 12.7. The van der Waals surface area contributed by atoms with Gasteiger partial charge in [-0.3, -0.25) is 9.59 Å². The van der Waals surface area contributed by atoms with Gasteiger partial charge in [0.15, 0.2) is 5.13 Å². The van der Waals surface area contributed by atoms with E-state index in [1.165, 1.54) is 46.8 Å². The van der Waals surface area contributed by atoms with Crippen molar-refractivity contribution in [1.29, 1.82) is 0 Å². The Morgan fingerprint density at radius 1 is 1.15 bits per heavy atom. The largest absolute Gasteiger partial charge is 0.462 e. The van der Waals surface area contributed by atoms with Gasteiger partial charge in [0.1, 0.15) is 6.61 Å². The molecule has 33 heavy (non-hydrogen) atoms. The molecule has 1 aliphatic rings. The standard InChI is InChI=1S/C21H25N3O7S2/c1-3-30-19(26)15-4-6-18(7-5-15)33(28,29)24-10-8-16(9-11-24)20(27)31-12-17-13-32-21(23-17)22-14(2)25/h4-7,13,16H,3,8-12H2,1-2H3,(H,22,23,25). The molecule has 0 atom stereocenters. The highest BCUT2D eigenvalue weighted by molar-refractivity contribution is 7.89. The highest BCUT2D eigenvalue weighted by Crippen LogP contribution is 2.25. The number of thiazole rings is 1. The van der Waals surface area contributed by atoms with Crippen molar-refractivity contribution in [2.24, 2.45) is 5.92 Å². The number of esters is 2. The van der Waals surface area contributed by atoms with Crippen molar-refractivity contribution in [1.82, 2.24) is 9.29 Å². The van der Waals surface area contributed by atoms with Gasteiger partial charge in [-0.15, -0.1) is 11.3 Å². The average Bonchev–Trinajstić information content (AvgIpc) is 3.24. The molecule has 2 aromatic rings. The Morgan fingerprint density at radius 3 is 2.42 bits per heavy atom. The molecular formula is C21H25N3O7S2. The first-order chi connectivity index (χ1) is 15.7. The number of piperidine rings is 1. The summed E-state index contributed by atoms with van der Waals surface area (Å²) in [6, 6.07) is 5.60. The SMILES string of the molecule is CCOC(=O)c1ccc(S(=O)(=O)N2CCC(C(=O)OCc3csc(NC(C)=O)n3)CC2)cc1. The van der Waals surface area contributed by atoms with Gasteiger partial charge >= 0.3 is 11.9 Å². The summed E-state index contributed by atoms with van der Waals surface area (Å²) < 4.78 is 37.4. The molecule has 178 valence electrons. The van der Waals surface area contributed by atoms with Crippen LogP contribution in [0, 0.1) is 5.92 Å². The fourth-order valence-electron chi connectivity index (χ4n) is 3.30. The van der Waals surface area contributed by atoms with Crippen LogP contribution in [-0.4, -0.2) is 55.2 Å². The number of hydrogen-bond donors (Lipinski definition) is 1. The van der Waals surface area contributed by atoms with Gasteiger partial charge in [-0.2, -0.15) is 4.31 Å². The third kappa shape index (κ3) is 6.36. The minimum absolute atomic E-state index is 0.0136. The number of rotatable bonds is 8. The molecule has 2 heterocycles. The van der Waals surface area contributed by atoms with Crippen molar-refractivity contribution in [3.8, 4) is 0 Å². The molecule has 10 nitrogen and oxygen atoms in total. The fourth-order valence-corrected chi connectivity index (χ4v) is 5.51. The molecule has 0 radical (unpaired) electrons. The first kappa shape index (κ1) is 24.8. The molecule has 0 saturated carbocycles. The molecule has 0 aliphatic carbocycles. The second-order valence-electron chi connectivity index (χ2n) is 7.36. The summed E-state index contributed by atoms with van der Waals surface area (Å²) in [6.45, 7) is 3.67. The normalized spacial score (nSPS) is 15.1. The molecular weight excluding hydrogens is 470 g/mol. The van der Waals surface area contributed by atoms with Crippen molar-refractivity contribution in [3.05, 3.63) is 40.9 Å². The monoisotopic (exact) mass is 495 g/mol. The lowest BCUT2D eigenvalue weighted by Gasteiger charge is -2.30. The number of carbonyl (C=O) groups is 3. The van der Waals surface area contributed by atoms with Crippen LogP contribution in [0.15, 0.2) is 34.5 Å². The van der Waals surface area contributed by atoms with Gasteiger partial charge in [0.25, 0.3) is 0 Å². The Kier molecular flexibility index (Phi) is 8.16. The third-order valence-corrected chi connectivity index (χ3v) is 7.71. The van der Waals surface area contributed by atoms with E-state index in [0.29, 0.717) is 23.7 Å². The van der Waals surface area contributed by atoms with Gasteiger partial charge in [0.05, 0.1) is 28.7 Å². The average molecular weight is 496 g/mol. The predicted octanol–water partition coefficient (Wildman–Crippen LogP) is 2.42. The van der Waals surface area contributed by atoms with E-state index in [4.69, 9.17) is 9.47 Å². The predicted molar refractivity (Wildman–Crippen MR) is 120 cm³/mol. The molecule has 1 fully saturated rings. The highest BCUT2D eigenvalue weighted by Gasteiger charge is 2.33. The van der Waals surface area contributed by atoms with E-state index in [9.17, 15) is 22.8 Å². The smallest absolute Gasteiger partial charge is 0.338 e. The summed E-state index contributed by atoms with van der Waals surface area (Å²) in [4.78, 5) is 39.5. The molecule has 3 rings (SSSR count). The second kappa shape index (κ2) is 10.9. The van der Waals surface area contributed by atoms with Gasteiger partial charge in [0, 0.05) is 25.4 Å². The first-order valence-electron chi connectivity index (χ1n) is 10.4. The number of aromatic nitrogens is 1. The van der Waals surface area contributed by atoms with Gasteiger partial charge in [-0.25, -0.2) is 18.2 Å². The summed E-state index contributed by atoms with van der Waals surface area (Å²) in [7, 11) is -3.74. The summed E-state index contributed by atoms with van der Waals surface area (Å²) >= 11 is 1.24. The van der Waals surface area contributed by atoms with Crippen LogP contribution in [0.3, 0.4) is 0 Å². The van der Waals surface area contributed by atoms with E-state index in [2.05, 4.69) is 10.3 Å². The Morgan fingerprint density at radius 2 is 1.82 bits per heavy atom. The van der Waals surface area contributed by atoms with Crippen LogP contribution in [0.2, 0.25) is 0 Å². The molecule has 1 saturated heterocycles. The lowest BCUT2D eigenvalue weighted by Crippen LogP contribution is -2.40. The maximum Gasteiger partial charge on any atom is 0.338 e. The second-order valence-corrected chi connectivity index (χ2v) is 10.2. The number of anilines is 1. The summed E-state index contributed by atoms with van der Waals surface area (Å²) in [5.74, 6) is -1.55. The fraction of sp³-hybridized carbons (Fsp3) is 0.429. The number of nitrogens with zero attached hydrogens (tertiary/aromatic N) is 2. The quantitative estimate of drug-likeness (QED) is 0.552. The highest BCUT2D eigenvalue weighted by atomic mass is 32.2. The molecule has 1 aromatic carbocycles. The van der Waals surface area contributed by atoms with E-state index in [1.54, 1.807) is 12.3 Å². The molecule has 0 unspecified atom stereocenters. The topological polar surface area (TPSA) is 132 Å². The Bertz CT molecular complexity index is 1110. The van der Waals surface area contributed by atoms with Crippen LogP contribution in [0.4, 0.5) is 5.13 Å².